The number of nitrogens with zero attached hydrogens (tertiary/aromatic N) is 1. The molecule has 4 heterocycles. The van der Waals surface area contributed by atoms with Gasteiger partial charge < -0.3 is 10.6 Å². The van der Waals surface area contributed by atoms with E-state index in [1.807, 2.05) is 9.97 Å². The van der Waals surface area contributed by atoms with Gasteiger partial charge >= 0.3 is 11.4 Å². The summed E-state index contributed by atoms with van der Waals surface area (Å²) in [7, 11) is 0. The van der Waals surface area contributed by atoms with Crippen LogP contribution in [-0.4, -0.2) is 30.8 Å². The van der Waals surface area contributed by atoms with Crippen LogP contribution in [0.25, 0.3) is 0 Å². The number of amides is 1. The summed E-state index contributed by atoms with van der Waals surface area (Å²) in [6, 6.07) is 3.48. The highest BCUT2D eigenvalue weighted by Gasteiger charge is 2.58. The van der Waals surface area contributed by atoms with Gasteiger partial charge in [-0.1, -0.05) is 0 Å². The smallest absolute Gasteiger partial charge is 0.327 e. The molecule has 0 saturated carbocycles. The molecular weight excluding hydrogens is 402 g/mol. The first-order valence-electron chi connectivity index (χ1n) is 8.35. The Morgan fingerprint density at radius 3 is 1.93 bits per heavy atom. The summed E-state index contributed by atoms with van der Waals surface area (Å²) in [5.41, 5.74) is -6.96. The number of hydrogen-bond donors (Lipinski definition) is 6. The summed E-state index contributed by atoms with van der Waals surface area (Å²) < 4.78 is 0. The zero-order chi connectivity index (χ0) is 21.4. The molecule has 6 N–H and O–H groups in total. The molecule has 30 heavy (non-hydrogen) atoms. The van der Waals surface area contributed by atoms with E-state index in [0.29, 0.717) is 0 Å². The van der Waals surface area contributed by atoms with Gasteiger partial charge in [0.1, 0.15) is 17.1 Å². The Balaban J connectivity index is 2.04. The summed E-state index contributed by atoms with van der Waals surface area (Å²) in [5, 5.41) is 16.5. The zero-order valence-corrected chi connectivity index (χ0v) is 14.5. The largest absolute Gasteiger partial charge is 0.341 e. The number of benzene rings is 1. The molecule has 1 amide bonds. The van der Waals surface area contributed by atoms with Gasteiger partial charge in [-0.3, -0.25) is 44.4 Å². The molecule has 2 aromatic heterocycles. The minimum absolute atomic E-state index is 0.0736. The van der Waals surface area contributed by atoms with Crippen LogP contribution in [0.4, 0.5) is 23.0 Å². The van der Waals surface area contributed by atoms with Crippen LogP contribution in [0.1, 0.15) is 16.7 Å². The van der Waals surface area contributed by atoms with Crippen LogP contribution in [0.3, 0.4) is 0 Å². The fourth-order valence-corrected chi connectivity index (χ4v) is 4.03. The molecule has 3 aromatic rings. The Labute approximate surface area is 162 Å². The van der Waals surface area contributed by atoms with Gasteiger partial charge in [-0.15, -0.1) is 0 Å². The molecule has 1 atom stereocenters. The number of aromatic amines is 4. The van der Waals surface area contributed by atoms with E-state index in [2.05, 4.69) is 20.6 Å². The van der Waals surface area contributed by atoms with Crippen LogP contribution in [0, 0.1) is 10.1 Å². The van der Waals surface area contributed by atoms with Crippen LogP contribution in [0.15, 0.2) is 37.4 Å². The highest BCUT2D eigenvalue weighted by atomic mass is 16.6. The van der Waals surface area contributed by atoms with Crippen molar-refractivity contribution in [1.29, 1.82) is 0 Å². The highest BCUT2D eigenvalue weighted by molar-refractivity contribution is 6.13. The zero-order valence-electron chi connectivity index (χ0n) is 14.5. The van der Waals surface area contributed by atoms with Crippen LogP contribution in [0.2, 0.25) is 0 Å². The van der Waals surface area contributed by atoms with Crippen molar-refractivity contribution in [3.05, 3.63) is 86.7 Å². The second-order valence-electron chi connectivity index (χ2n) is 6.63. The molecule has 1 spiro atoms. The number of fused-ring (bicyclic) bond motifs is 6. The molecule has 5 rings (SSSR count). The molecule has 0 fully saturated rings. The number of nitro groups is 1. The number of non-ortho nitro benzene ring substituents is 1. The van der Waals surface area contributed by atoms with Gasteiger partial charge in [0.2, 0.25) is 5.91 Å². The summed E-state index contributed by atoms with van der Waals surface area (Å²) in [5.74, 6) is -1.34. The average Bonchev–Trinajstić information content (AvgIpc) is 2.93. The van der Waals surface area contributed by atoms with Crippen LogP contribution in [0.5, 0.6) is 0 Å². The van der Waals surface area contributed by atoms with Gasteiger partial charge in [-0.25, -0.2) is 9.59 Å². The van der Waals surface area contributed by atoms with Crippen molar-refractivity contribution in [1.82, 2.24) is 19.9 Å². The summed E-state index contributed by atoms with van der Waals surface area (Å²) >= 11 is 0. The lowest BCUT2D eigenvalue weighted by atomic mass is 9.69. The van der Waals surface area contributed by atoms with Crippen molar-refractivity contribution in [2.45, 2.75) is 5.41 Å². The van der Waals surface area contributed by atoms with Crippen molar-refractivity contribution in [3.63, 3.8) is 0 Å². The van der Waals surface area contributed by atoms with E-state index in [1.165, 1.54) is 6.07 Å². The molecule has 1 unspecified atom stereocenters. The molecule has 1 aromatic carbocycles. The van der Waals surface area contributed by atoms with E-state index >= 15 is 0 Å². The molecule has 14 nitrogen and oxygen atoms in total. The summed E-state index contributed by atoms with van der Waals surface area (Å²) in [6.07, 6.45) is 0. The van der Waals surface area contributed by atoms with Crippen molar-refractivity contribution >= 4 is 28.9 Å². The van der Waals surface area contributed by atoms with E-state index in [9.17, 15) is 34.1 Å². The van der Waals surface area contributed by atoms with Gasteiger partial charge in [-0.05, 0) is 6.07 Å². The average molecular weight is 411 g/mol. The van der Waals surface area contributed by atoms with E-state index in [4.69, 9.17) is 0 Å². The normalized spacial score (nSPS) is 18.2. The van der Waals surface area contributed by atoms with Gasteiger partial charge in [-0.2, -0.15) is 0 Å². The van der Waals surface area contributed by atoms with Crippen LogP contribution >= 0.6 is 0 Å². The Hall–Kier alpha value is -4.75. The van der Waals surface area contributed by atoms with E-state index in [1.54, 1.807) is 0 Å². The fraction of sp³-hybridized carbons (Fsp3) is 0.0625. The molecule has 0 aliphatic carbocycles. The Bertz CT molecular complexity index is 1540. The molecule has 14 heteroatoms. The Morgan fingerprint density at radius 2 is 1.37 bits per heavy atom. The molecule has 0 saturated heterocycles. The maximum Gasteiger partial charge on any atom is 0.327 e. The fourth-order valence-electron chi connectivity index (χ4n) is 4.03. The van der Waals surface area contributed by atoms with Gasteiger partial charge in [0.25, 0.3) is 16.8 Å². The van der Waals surface area contributed by atoms with Gasteiger partial charge in [0.05, 0.1) is 16.1 Å². The third-order valence-corrected chi connectivity index (χ3v) is 5.09. The van der Waals surface area contributed by atoms with Crippen molar-refractivity contribution in [2.24, 2.45) is 0 Å². The first-order valence-corrected chi connectivity index (χ1v) is 8.35. The van der Waals surface area contributed by atoms with Crippen molar-refractivity contribution < 1.29 is 9.72 Å². The number of H-pyrrole nitrogens is 4. The lowest BCUT2D eigenvalue weighted by molar-refractivity contribution is -0.384. The van der Waals surface area contributed by atoms with Gasteiger partial charge in [0, 0.05) is 23.4 Å². The minimum Gasteiger partial charge on any atom is -0.341 e. The number of hydrogen-bond acceptors (Lipinski definition) is 8. The lowest BCUT2D eigenvalue weighted by Crippen LogP contribution is -2.48. The molecule has 150 valence electrons. The van der Waals surface area contributed by atoms with E-state index in [0.717, 1.165) is 12.1 Å². The number of anilines is 3. The summed E-state index contributed by atoms with van der Waals surface area (Å²) in [4.78, 5) is 81.6. The molecule has 2 aliphatic heterocycles. The number of carbonyl (C=O) groups excluding carboxylic acids is 1. The predicted octanol–water partition coefficient (Wildman–Crippen LogP) is -1.31. The SMILES string of the molecule is O=C1Nc2[nH]c(=O)[nH]c(=O)c2C12c1cc([N+](=O)[O-])ccc1Nc1[nH]c(=O)[nH]c(=O)c12. The number of rotatable bonds is 1. The van der Waals surface area contributed by atoms with Crippen molar-refractivity contribution in [3.8, 4) is 0 Å². The van der Waals surface area contributed by atoms with Crippen LogP contribution < -0.4 is 33.1 Å². The Kier molecular flexibility index (Phi) is 3.13. The standard InChI is InChI=1S/C16H9N7O7/c24-11-7-9(19-14(27)21-11)17-6-2-1-4(23(29)30)3-5(6)16(7)8-10(18-13(16)26)20-15(28)22-12(8)25/h1-3H,(H3,17,19,21,24,27)(H3,18,20,22,25,26,28). The van der Waals surface area contributed by atoms with E-state index < -0.39 is 44.4 Å². The predicted molar refractivity (Wildman–Crippen MR) is 100 cm³/mol. The number of nitrogens with one attached hydrogen (secondary N) is 6. The maximum absolute atomic E-state index is 13.3. The monoisotopic (exact) mass is 411 g/mol. The maximum atomic E-state index is 13.3. The minimum atomic E-state index is -2.17. The summed E-state index contributed by atoms with van der Waals surface area (Å²) in [6.45, 7) is 0. The second kappa shape index (κ2) is 5.40. The van der Waals surface area contributed by atoms with Gasteiger partial charge in [0.15, 0.2) is 0 Å². The molecule has 0 radical (unpaired) electrons. The third-order valence-electron chi connectivity index (χ3n) is 5.09. The van der Waals surface area contributed by atoms with Crippen LogP contribution in [-0.2, 0) is 10.2 Å². The quantitative estimate of drug-likeness (QED) is 0.208. The highest BCUT2D eigenvalue weighted by Crippen LogP contribution is 2.51. The lowest BCUT2D eigenvalue weighted by Gasteiger charge is -2.34. The van der Waals surface area contributed by atoms with E-state index in [-0.39, 0.29) is 34.0 Å². The second-order valence-corrected chi connectivity index (χ2v) is 6.63. The number of carbonyl (C=O) groups is 1. The first-order chi connectivity index (χ1) is 14.2. The third kappa shape index (κ3) is 1.98. The van der Waals surface area contributed by atoms with Crippen molar-refractivity contribution in [2.75, 3.05) is 10.6 Å². The molecular formula is C16H9N7O7. The molecule has 2 aliphatic rings. The Morgan fingerprint density at radius 1 is 0.800 bits per heavy atom. The topological polar surface area (TPSA) is 216 Å². The first kappa shape index (κ1) is 17.4. The molecule has 0 bridgehead atoms. The number of nitro benzene ring substituents is 1. The number of aromatic nitrogens is 4.